The van der Waals surface area contributed by atoms with Crippen LogP contribution in [0.5, 0.6) is 0 Å². The molecule has 2 heterocycles. The standard InChI is InChI=1S/C16H20N4O/c1-10(2)20(4)16-12(6-5-8-19-16)14-13(15(17)21)11(3)7-9-18-14/h5-10H,1-4H3,(H2,17,21). The minimum Gasteiger partial charge on any atom is -0.366 e. The molecule has 2 rings (SSSR count). The van der Waals surface area contributed by atoms with Crippen molar-refractivity contribution in [2.45, 2.75) is 26.8 Å². The van der Waals surface area contributed by atoms with Crippen LogP contribution in [0, 0.1) is 6.92 Å². The third-order valence-corrected chi connectivity index (χ3v) is 3.56. The summed E-state index contributed by atoms with van der Waals surface area (Å²) in [6, 6.07) is 5.81. The molecule has 0 bridgehead atoms. The first-order valence-electron chi connectivity index (χ1n) is 6.87. The van der Waals surface area contributed by atoms with Gasteiger partial charge in [-0.25, -0.2) is 4.98 Å². The van der Waals surface area contributed by atoms with Crippen molar-refractivity contribution in [3.8, 4) is 11.3 Å². The topological polar surface area (TPSA) is 72.1 Å². The van der Waals surface area contributed by atoms with Crippen LogP contribution in [0.3, 0.4) is 0 Å². The van der Waals surface area contributed by atoms with E-state index in [2.05, 4.69) is 23.8 Å². The number of anilines is 1. The molecule has 110 valence electrons. The Kier molecular flexibility index (Phi) is 4.21. The SMILES string of the molecule is Cc1ccnc(-c2cccnc2N(C)C(C)C)c1C(N)=O. The zero-order valence-corrected chi connectivity index (χ0v) is 12.8. The number of carbonyl (C=O) groups is 1. The summed E-state index contributed by atoms with van der Waals surface area (Å²) in [6.07, 6.45) is 3.42. The second kappa shape index (κ2) is 5.91. The number of nitrogens with zero attached hydrogens (tertiary/aromatic N) is 3. The molecule has 21 heavy (non-hydrogen) atoms. The Balaban J connectivity index is 2.69. The van der Waals surface area contributed by atoms with Crippen LogP contribution < -0.4 is 10.6 Å². The van der Waals surface area contributed by atoms with Crippen LogP contribution >= 0.6 is 0 Å². The molecule has 0 saturated heterocycles. The Labute approximate surface area is 124 Å². The molecule has 5 nitrogen and oxygen atoms in total. The Morgan fingerprint density at radius 1 is 1.24 bits per heavy atom. The molecule has 0 radical (unpaired) electrons. The van der Waals surface area contributed by atoms with E-state index in [9.17, 15) is 4.79 Å². The smallest absolute Gasteiger partial charge is 0.251 e. The van der Waals surface area contributed by atoms with Gasteiger partial charge in [0.15, 0.2) is 0 Å². The largest absolute Gasteiger partial charge is 0.366 e. The summed E-state index contributed by atoms with van der Waals surface area (Å²) in [5, 5.41) is 0. The van der Waals surface area contributed by atoms with E-state index in [1.807, 2.05) is 31.0 Å². The van der Waals surface area contributed by atoms with Gasteiger partial charge in [-0.05, 0) is 44.5 Å². The first kappa shape index (κ1) is 15.0. The van der Waals surface area contributed by atoms with E-state index in [1.165, 1.54) is 0 Å². The minimum atomic E-state index is -0.474. The van der Waals surface area contributed by atoms with Gasteiger partial charge in [0, 0.05) is 31.0 Å². The summed E-state index contributed by atoms with van der Waals surface area (Å²) in [5.41, 5.74) is 8.18. The maximum atomic E-state index is 11.8. The number of rotatable bonds is 4. The number of aromatic nitrogens is 2. The van der Waals surface area contributed by atoms with Gasteiger partial charge >= 0.3 is 0 Å². The van der Waals surface area contributed by atoms with E-state index in [4.69, 9.17) is 5.73 Å². The van der Waals surface area contributed by atoms with Gasteiger partial charge in [0.2, 0.25) is 0 Å². The lowest BCUT2D eigenvalue weighted by atomic mass is 10.0. The van der Waals surface area contributed by atoms with Gasteiger partial charge in [0.05, 0.1) is 11.3 Å². The molecular formula is C16H20N4O. The Morgan fingerprint density at radius 2 is 1.95 bits per heavy atom. The van der Waals surface area contributed by atoms with E-state index in [-0.39, 0.29) is 6.04 Å². The molecule has 2 N–H and O–H groups in total. The number of amides is 1. The van der Waals surface area contributed by atoms with E-state index >= 15 is 0 Å². The number of nitrogens with two attached hydrogens (primary N) is 1. The van der Waals surface area contributed by atoms with E-state index in [0.29, 0.717) is 11.3 Å². The van der Waals surface area contributed by atoms with Crippen LogP contribution in [0.15, 0.2) is 30.6 Å². The number of hydrogen-bond acceptors (Lipinski definition) is 4. The summed E-state index contributed by atoms with van der Waals surface area (Å²) in [4.78, 5) is 22.6. The van der Waals surface area contributed by atoms with Gasteiger partial charge in [0.25, 0.3) is 5.91 Å². The number of carbonyl (C=O) groups excluding carboxylic acids is 1. The minimum absolute atomic E-state index is 0.278. The van der Waals surface area contributed by atoms with Gasteiger partial charge in [-0.2, -0.15) is 0 Å². The van der Waals surface area contributed by atoms with Gasteiger partial charge in [-0.1, -0.05) is 0 Å². The highest BCUT2D eigenvalue weighted by Gasteiger charge is 2.19. The van der Waals surface area contributed by atoms with Crippen molar-refractivity contribution in [3.63, 3.8) is 0 Å². The second-order valence-electron chi connectivity index (χ2n) is 5.29. The highest BCUT2D eigenvalue weighted by atomic mass is 16.1. The van der Waals surface area contributed by atoms with Gasteiger partial charge in [-0.15, -0.1) is 0 Å². The molecule has 0 spiro atoms. The molecule has 0 atom stereocenters. The third kappa shape index (κ3) is 2.86. The van der Waals surface area contributed by atoms with Crippen molar-refractivity contribution < 1.29 is 4.79 Å². The van der Waals surface area contributed by atoms with Crippen LogP contribution in [0.2, 0.25) is 0 Å². The predicted octanol–water partition coefficient (Wildman–Crippen LogP) is 2.40. The van der Waals surface area contributed by atoms with Gasteiger partial charge in [-0.3, -0.25) is 9.78 Å². The summed E-state index contributed by atoms with van der Waals surface area (Å²) in [7, 11) is 1.97. The molecule has 0 aliphatic rings. The lowest BCUT2D eigenvalue weighted by molar-refractivity contribution is 0.1000. The lowest BCUT2D eigenvalue weighted by Crippen LogP contribution is -2.27. The van der Waals surface area contributed by atoms with Crippen LogP contribution in [-0.4, -0.2) is 29.0 Å². The Hall–Kier alpha value is -2.43. The molecule has 0 saturated carbocycles. The third-order valence-electron chi connectivity index (χ3n) is 3.56. The highest BCUT2D eigenvalue weighted by Crippen LogP contribution is 2.31. The van der Waals surface area contributed by atoms with Crippen molar-refractivity contribution in [2.75, 3.05) is 11.9 Å². The second-order valence-corrected chi connectivity index (χ2v) is 5.29. The van der Waals surface area contributed by atoms with E-state index < -0.39 is 5.91 Å². The summed E-state index contributed by atoms with van der Waals surface area (Å²) in [5.74, 6) is 0.311. The fraction of sp³-hybridized carbons (Fsp3) is 0.312. The molecule has 0 aliphatic carbocycles. The van der Waals surface area contributed by atoms with Gasteiger partial charge in [0.1, 0.15) is 5.82 Å². The van der Waals surface area contributed by atoms with Crippen molar-refractivity contribution in [1.82, 2.24) is 9.97 Å². The Morgan fingerprint density at radius 3 is 2.57 bits per heavy atom. The van der Waals surface area contributed by atoms with Crippen LogP contribution in [0.1, 0.15) is 29.8 Å². The molecule has 0 fully saturated rings. The zero-order valence-electron chi connectivity index (χ0n) is 12.8. The van der Waals surface area contributed by atoms with Gasteiger partial charge < -0.3 is 10.6 Å². The summed E-state index contributed by atoms with van der Waals surface area (Å²) >= 11 is 0. The number of aryl methyl sites for hydroxylation is 1. The maximum absolute atomic E-state index is 11.8. The van der Waals surface area contributed by atoms with Crippen molar-refractivity contribution >= 4 is 11.7 Å². The van der Waals surface area contributed by atoms with Crippen LogP contribution in [0.25, 0.3) is 11.3 Å². The Bertz CT molecular complexity index is 667. The molecule has 2 aromatic rings. The van der Waals surface area contributed by atoms with Crippen LogP contribution in [-0.2, 0) is 0 Å². The van der Waals surface area contributed by atoms with Crippen molar-refractivity contribution in [2.24, 2.45) is 5.73 Å². The van der Waals surface area contributed by atoms with E-state index in [1.54, 1.807) is 18.5 Å². The molecular weight excluding hydrogens is 264 g/mol. The summed E-state index contributed by atoms with van der Waals surface area (Å²) in [6.45, 7) is 6.02. The fourth-order valence-corrected chi connectivity index (χ4v) is 2.18. The first-order valence-corrected chi connectivity index (χ1v) is 6.87. The number of pyridine rings is 2. The van der Waals surface area contributed by atoms with E-state index in [0.717, 1.165) is 16.9 Å². The molecule has 1 amide bonds. The van der Waals surface area contributed by atoms with Crippen molar-refractivity contribution in [1.29, 1.82) is 0 Å². The van der Waals surface area contributed by atoms with Crippen LogP contribution in [0.4, 0.5) is 5.82 Å². The summed E-state index contributed by atoms with van der Waals surface area (Å²) < 4.78 is 0. The average molecular weight is 284 g/mol. The molecule has 0 unspecified atom stereocenters. The fourth-order valence-electron chi connectivity index (χ4n) is 2.18. The predicted molar refractivity (Wildman–Crippen MR) is 84.3 cm³/mol. The molecule has 0 aromatic carbocycles. The maximum Gasteiger partial charge on any atom is 0.251 e. The number of hydrogen-bond donors (Lipinski definition) is 1. The average Bonchev–Trinajstić information content (AvgIpc) is 2.45. The molecule has 5 heteroatoms. The quantitative estimate of drug-likeness (QED) is 0.935. The molecule has 0 aliphatic heterocycles. The highest BCUT2D eigenvalue weighted by molar-refractivity contribution is 6.01. The zero-order chi connectivity index (χ0) is 15.6. The monoisotopic (exact) mass is 284 g/mol. The first-order chi connectivity index (χ1) is 9.93. The number of primary amides is 1. The molecule has 2 aromatic heterocycles. The normalized spacial score (nSPS) is 10.7. The lowest BCUT2D eigenvalue weighted by Gasteiger charge is -2.25. The van der Waals surface area contributed by atoms with Crippen molar-refractivity contribution in [3.05, 3.63) is 41.7 Å².